The van der Waals surface area contributed by atoms with E-state index in [9.17, 15) is 0 Å². The van der Waals surface area contributed by atoms with Crippen LogP contribution in [0.1, 0.15) is 5.56 Å². The van der Waals surface area contributed by atoms with Gasteiger partial charge < -0.3 is 34.5 Å². The highest BCUT2D eigenvalue weighted by molar-refractivity contribution is 8.22. The molecule has 1 aliphatic heterocycles. The minimum absolute atomic E-state index is 0.364. The van der Waals surface area contributed by atoms with Crippen molar-refractivity contribution in [2.45, 2.75) is 11.8 Å². The summed E-state index contributed by atoms with van der Waals surface area (Å²) in [6.07, 6.45) is 0. The fourth-order valence-electron chi connectivity index (χ4n) is 3.43. The van der Waals surface area contributed by atoms with Crippen LogP contribution in [0, 0.1) is 0 Å². The van der Waals surface area contributed by atoms with E-state index in [1.165, 1.54) is 11.8 Å². The topological polar surface area (TPSA) is 103 Å². The Morgan fingerprint density at radius 3 is 2.19 bits per heavy atom. The number of hydrogen-bond acceptors (Lipinski definition) is 11. The Morgan fingerprint density at radius 2 is 1.56 bits per heavy atom. The van der Waals surface area contributed by atoms with E-state index in [-0.39, 0.29) is 0 Å². The molecule has 0 spiro atoms. The molecule has 0 amide bonds. The normalized spacial score (nSPS) is 13.2. The summed E-state index contributed by atoms with van der Waals surface area (Å²) in [5, 5.41) is 6.96. The molecule has 0 atom stereocenters. The first-order valence-electron chi connectivity index (χ1n) is 11.2. The van der Waals surface area contributed by atoms with Crippen molar-refractivity contribution in [3.05, 3.63) is 48.0 Å². The summed E-state index contributed by atoms with van der Waals surface area (Å²) in [6.45, 7) is 3.33. The number of thiocarbonyl (C=S) groups is 1. The summed E-state index contributed by atoms with van der Waals surface area (Å²) in [5.41, 5.74) is 2.65. The molecule has 1 aliphatic rings. The monoisotopic (exact) mass is 528 g/mol. The standard InChI is InChI=1S/C24H28N6O4S2/c1-31-15-16-4-6-17(7-5-16)25-21-27-22(26-18-8-9-19(32-2)20(14-18)33-3)29-23(28-21)36-24(35)30-10-12-34-13-11-30/h4-9,14H,10-13,15H2,1-3H3,(H2,25,26,27,28,29). The molecule has 190 valence electrons. The number of aromatic nitrogens is 3. The first-order valence-corrected chi connectivity index (χ1v) is 12.4. The first kappa shape index (κ1) is 25.9. The molecule has 2 aromatic carbocycles. The number of methoxy groups -OCH3 is 3. The lowest BCUT2D eigenvalue weighted by molar-refractivity contribution is 0.0702. The second-order valence-electron chi connectivity index (χ2n) is 7.68. The maximum atomic E-state index is 5.65. The molecule has 2 heterocycles. The van der Waals surface area contributed by atoms with Crippen molar-refractivity contribution >= 4 is 51.6 Å². The summed E-state index contributed by atoms with van der Waals surface area (Å²) in [5.74, 6) is 1.97. The minimum Gasteiger partial charge on any atom is -0.493 e. The fourth-order valence-corrected chi connectivity index (χ4v) is 4.56. The van der Waals surface area contributed by atoms with Gasteiger partial charge in [-0.1, -0.05) is 24.4 Å². The third kappa shape index (κ3) is 6.94. The molecule has 2 N–H and O–H groups in total. The van der Waals surface area contributed by atoms with Gasteiger partial charge in [0.2, 0.25) is 17.1 Å². The van der Waals surface area contributed by atoms with Crippen LogP contribution in [0.15, 0.2) is 47.6 Å². The molecule has 0 bridgehead atoms. The Hall–Kier alpha value is -3.19. The molecule has 3 aromatic rings. The average molecular weight is 529 g/mol. The van der Waals surface area contributed by atoms with Crippen molar-refractivity contribution < 1.29 is 18.9 Å². The summed E-state index contributed by atoms with van der Waals surface area (Å²) in [4.78, 5) is 15.9. The van der Waals surface area contributed by atoms with Gasteiger partial charge in [-0.05, 0) is 41.6 Å². The fraction of sp³-hybridized carbons (Fsp3) is 0.333. The zero-order chi connectivity index (χ0) is 25.3. The number of benzene rings is 2. The zero-order valence-corrected chi connectivity index (χ0v) is 21.9. The van der Waals surface area contributed by atoms with Crippen molar-refractivity contribution in [2.75, 3.05) is 58.3 Å². The Kier molecular flexibility index (Phi) is 9.11. The van der Waals surface area contributed by atoms with Crippen LogP contribution in [0.2, 0.25) is 0 Å². The molecule has 0 unspecified atom stereocenters. The van der Waals surface area contributed by atoms with Crippen LogP contribution in [0.4, 0.5) is 23.3 Å². The highest BCUT2D eigenvalue weighted by Crippen LogP contribution is 2.31. The SMILES string of the molecule is COCc1ccc(Nc2nc(Nc3ccc(OC)c(OC)c3)nc(SC(=S)N3CCOCC3)n2)cc1. The van der Waals surface area contributed by atoms with Gasteiger partial charge in [0.1, 0.15) is 4.32 Å². The van der Waals surface area contributed by atoms with Crippen LogP contribution in [-0.2, 0) is 16.1 Å². The quantitative estimate of drug-likeness (QED) is 0.307. The van der Waals surface area contributed by atoms with Crippen LogP contribution >= 0.6 is 24.0 Å². The van der Waals surface area contributed by atoms with Crippen LogP contribution in [0.3, 0.4) is 0 Å². The van der Waals surface area contributed by atoms with E-state index in [1.54, 1.807) is 21.3 Å². The van der Waals surface area contributed by atoms with Gasteiger partial charge in [-0.2, -0.15) is 15.0 Å². The Balaban J connectivity index is 1.59. The molecular weight excluding hydrogens is 500 g/mol. The molecule has 0 saturated carbocycles. The number of hydrogen-bond donors (Lipinski definition) is 2. The maximum absolute atomic E-state index is 5.65. The molecule has 10 nitrogen and oxygen atoms in total. The van der Waals surface area contributed by atoms with Crippen LogP contribution in [-0.4, -0.2) is 71.8 Å². The Labute approximate surface area is 219 Å². The third-order valence-corrected chi connectivity index (χ3v) is 6.53. The van der Waals surface area contributed by atoms with Gasteiger partial charge in [0.25, 0.3) is 0 Å². The number of morpholine rings is 1. The number of nitrogens with one attached hydrogen (secondary N) is 2. The molecule has 0 aliphatic carbocycles. The number of ether oxygens (including phenoxy) is 4. The largest absolute Gasteiger partial charge is 0.493 e. The summed E-state index contributed by atoms with van der Waals surface area (Å²) >= 11 is 6.97. The van der Waals surface area contributed by atoms with Crippen molar-refractivity contribution in [3.8, 4) is 11.5 Å². The van der Waals surface area contributed by atoms with Crippen molar-refractivity contribution in [1.29, 1.82) is 0 Å². The second-order valence-corrected chi connectivity index (χ2v) is 9.28. The van der Waals surface area contributed by atoms with Gasteiger partial charge >= 0.3 is 0 Å². The smallest absolute Gasteiger partial charge is 0.233 e. The molecule has 4 rings (SSSR count). The molecular formula is C24H28N6O4S2. The number of anilines is 4. The number of rotatable bonds is 9. The van der Waals surface area contributed by atoms with Crippen LogP contribution in [0.5, 0.6) is 11.5 Å². The van der Waals surface area contributed by atoms with E-state index >= 15 is 0 Å². The second kappa shape index (κ2) is 12.7. The molecule has 1 saturated heterocycles. The maximum Gasteiger partial charge on any atom is 0.233 e. The lowest BCUT2D eigenvalue weighted by Crippen LogP contribution is -2.38. The van der Waals surface area contributed by atoms with Gasteiger partial charge in [-0.3, -0.25) is 0 Å². The Bertz CT molecular complexity index is 1180. The molecule has 36 heavy (non-hydrogen) atoms. The average Bonchev–Trinajstić information content (AvgIpc) is 2.90. The van der Waals surface area contributed by atoms with Crippen molar-refractivity contribution in [1.82, 2.24) is 19.9 Å². The van der Waals surface area contributed by atoms with Crippen LogP contribution in [0.25, 0.3) is 0 Å². The van der Waals surface area contributed by atoms with Gasteiger partial charge in [0.05, 0.1) is 34.0 Å². The zero-order valence-electron chi connectivity index (χ0n) is 20.3. The summed E-state index contributed by atoms with van der Waals surface area (Å²) < 4.78 is 22.0. The molecule has 1 fully saturated rings. The molecule has 1 aromatic heterocycles. The van der Waals surface area contributed by atoms with Crippen LogP contribution < -0.4 is 20.1 Å². The van der Waals surface area contributed by atoms with Gasteiger partial charge in [-0.25, -0.2) is 0 Å². The van der Waals surface area contributed by atoms with E-state index in [1.807, 2.05) is 42.5 Å². The lowest BCUT2D eigenvalue weighted by atomic mass is 10.2. The van der Waals surface area contributed by atoms with E-state index in [0.29, 0.717) is 52.7 Å². The highest BCUT2D eigenvalue weighted by Gasteiger charge is 2.18. The first-order chi connectivity index (χ1) is 17.6. The lowest BCUT2D eigenvalue weighted by Gasteiger charge is -2.28. The van der Waals surface area contributed by atoms with E-state index < -0.39 is 0 Å². The van der Waals surface area contributed by atoms with Gasteiger partial charge in [0, 0.05) is 37.6 Å². The Morgan fingerprint density at radius 1 is 0.917 bits per heavy atom. The predicted molar refractivity (Wildman–Crippen MR) is 144 cm³/mol. The third-order valence-electron chi connectivity index (χ3n) is 5.22. The van der Waals surface area contributed by atoms with Gasteiger partial charge in [0.15, 0.2) is 11.5 Å². The minimum atomic E-state index is 0.364. The molecule has 12 heteroatoms. The number of thioether (sulfide) groups is 1. The van der Waals surface area contributed by atoms with E-state index in [2.05, 4.69) is 30.5 Å². The van der Waals surface area contributed by atoms with E-state index in [0.717, 1.165) is 30.0 Å². The molecule has 0 radical (unpaired) electrons. The highest BCUT2D eigenvalue weighted by atomic mass is 32.2. The van der Waals surface area contributed by atoms with Crippen molar-refractivity contribution in [3.63, 3.8) is 0 Å². The summed E-state index contributed by atoms with van der Waals surface area (Å²) in [6, 6.07) is 13.4. The van der Waals surface area contributed by atoms with Gasteiger partial charge in [-0.15, -0.1) is 0 Å². The summed E-state index contributed by atoms with van der Waals surface area (Å²) in [7, 11) is 4.85. The van der Waals surface area contributed by atoms with Crippen molar-refractivity contribution in [2.24, 2.45) is 0 Å². The predicted octanol–water partition coefficient (Wildman–Crippen LogP) is 4.23. The number of nitrogens with zero attached hydrogens (tertiary/aromatic N) is 4. The van der Waals surface area contributed by atoms with E-state index in [4.69, 9.17) is 31.2 Å².